The molecule has 88 valence electrons. The predicted octanol–water partition coefficient (Wildman–Crippen LogP) is 4.46. The van der Waals surface area contributed by atoms with E-state index in [1.54, 1.807) is 12.1 Å². The lowest BCUT2D eigenvalue weighted by atomic mass is 9.91. The Labute approximate surface area is 97.4 Å². The molecule has 0 aromatic heterocycles. The second-order valence-corrected chi connectivity index (χ2v) is 4.36. The van der Waals surface area contributed by atoms with Crippen LogP contribution < -0.4 is 5.32 Å². The Balaban J connectivity index is 0.000000606. The number of nitrogens with one attached hydrogen (secondary N) is 1. The van der Waals surface area contributed by atoms with Crippen LogP contribution in [0, 0.1) is 5.82 Å². The molecule has 2 rings (SSSR count). The van der Waals surface area contributed by atoms with Crippen LogP contribution in [-0.4, -0.2) is 5.54 Å². The Morgan fingerprint density at radius 2 is 1.81 bits per heavy atom. The Morgan fingerprint density at radius 3 is 2.44 bits per heavy atom. The molecule has 1 N–H and O–H groups in total. The van der Waals surface area contributed by atoms with Crippen LogP contribution in [0.4, 0.5) is 10.1 Å². The van der Waals surface area contributed by atoms with E-state index in [9.17, 15) is 4.39 Å². The van der Waals surface area contributed by atoms with Crippen LogP contribution in [0.1, 0.15) is 40.2 Å². The second-order valence-electron chi connectivity index (χ2n) is 4.36. The van der Waals surface area contributed by atoms with Gasteiger partial charge in [0.05, 0.1) is 5.54 Å². The average Bonchev–Trinajstić information content (AvgIpc) is 2.21. The van der Waals surface area contributed by atoms with E-state index in [1.165, 1.54) is 6.07 Å². The van der Waals surface area contributed by atoms with E-state index in [0.29, 0.717) is 0 Å². The molecule has 0 saturated heterocycles. The van der Waals surface area contributed by atoms with E-state index in [4.69, 9.17) is 0 Å². The normalized spacial score (nSPS) is 16.2. The molecular weight excluding hydrogens is 201 g/mol. The molecule has 0 bridgehead atoms. The van der Waals surface area contributed by atoms with Gasteiger partial charge in [-0.3, -0.25) is 0 Å². The van der Waals surface area contributed by atoms with Crippen LogP contribution in [0.15, 0.2) is 24.3 Å². The van der Waals surface area contributed by atoms with Crippen molar-refractivity contribution in [2.75, 3.05) is 5.32 Å². The van der Waals surface area contributed by atoms with Crippen molar-refractivity contribution in [1.82, 2.24) is 0 Å². The van der Waals surface area contributed by atoms with Crippen molar-refractivity contribution >= 4 is 11.3 Å². The Morgan fingerprint density at radius 1 is 1.19 bits per heavy atom. The summed E-state index contributed by atoms with van der Waals surface area (Å²) in [6.45, 7) is 10.2. The standard InChI is InChI=1S/C12H14FN.C2H6/c1-8-7-12(2,3)14-11-5-4-9(13)6-10(8)11;1-2/h4-7,14H,1-3H3;1-2H3. The van der Waals surface area contributed by atoms with Gasteiger partial charge in [-0.2, -0.15) is 0 Å². The van der Waals surface area contributed by atoms with Gasteiger partial charge in [0.25, 0.3) is 0 Å². The van der Waals surface area contributed by atoms with Gasteiger partial charge in [-0.05, 0) is 44.5 Å². The zero-order chi connectivity index (χ0) is 12.3. The molecule has 0 amide bonds. The molecule has 0 spiro atoms. The highest BCUT2D eigenvalue weighted by Gasteiger charge is 2.22. The van der Waals surface area contributed by atoms with Crippen LogP contribution in [0.3, 0.4) is 0 Å². The molecule has 1 aliphatic rings. The second kappa shape index (κ2) is 4.69. The van der Waals surface area contributed by atoms with E-state index >= 15 is 0 Å². The van der Waals surface area contributed by atoms with Crippen LogP contribution in [0.25, 0.3) is 5.57 Å². The van der Waals surface area contributed by atoms with Gasteiger partial charge in [0.1, 0.15) is 5.82 Å². The van der Waals surface area contributed by atoms with Crippen LogP contribution in [-0.2, 0) is 0 Å². The largest absolute Gasteiger partial charge is 0.376 e. The number of rotatable bonds is 0. The summed E-state index contributed by atoms with van der Waals surface area (Å²) in [7, 11) is 0. The number of allylic oxidation sites excluding steroid dienone is 1. The van der Waals surface area contributed by atoms with E-state index in [0.717, 1.165) is 16.8 Å². The van der Waals surface area contributed by atoms with Crippen molar-refractivity contribution in [2.45, 2.75) is 40.2 Å². The van der Waals surface area contributed by atoms with Gasteiger partial charge in [-0.15, -0.1) is 0 Å². The topological polar surface area (TPSA) is 12.0 Å². The summed E-state index contributed by atoms with van der Waals surface area (Å²) in [5, 5.41) is 3.35. The monoisotopic (exact) mass is 221 g/mol. The summed E-state index contributed by atoms with van der Waals surface area (Å²) < 4.78 is 13.0. The van der Waals surface area contributed by atoms with Crippen LogP contribution in [0.2, 0.25) is 0 Å². The van der Waals surface area contributed by atoms with E-state index in [-0.39, 0.29) is 11.4 Å². The summed E-state index contributed by atoms with van der Waals surface area (Å²) in [6, 6.07) is 4.85. The molecule has 16 heavy (non-hydrogen) atoms. The number of benzene rings is 1. The fourth-order valence-electron chi connectivity index (χ4n) is 1.95. The highest BCUT2D eigenvalue weighted by Crippen LogP contribution is 2.33. The molecule has 1 aromatic rings. The lowest BCUT2D eigenvalue weighted by Gasteiger charge is -2.31. The first-order chi connectivity index (χ1) is 7.48. The number of hydrogen-bond acceptors (Lipinski definition) is 1. The molecule has 1 aromatic carbocycles. The fraction of sp³-hybridized carbons (Fsp3) is 0.429. The summed E-state index contributed by atoms with van der Waals surface area (Å²) in [5.74, 6) is -0.182. The third-order valence-corrected chi connectivity index (χ3v) is 2.44. The first kappa shape index (κ1) is 12.8. The van der Waals surface area contributed by atoms with Crippen molar-refractivity contribution < 1.29 is 4.39 Å². The lowest BCUT2D eigenvalue weighted by molar-refractivity contribution is 0.626. The molecule has 0 fully saturated rings. The van der Waals surface area contributed by atoms with Crippen molar-refractivity contribution in [3.63, 3.8) is 0 Å². The molecule has 0 saturated carbocycles. The fourth-order valence-corrected chi connectivity index (χ4v) is 1.95. The quantitative estimate of drug-likeness (QED) is 0.682. The number of halogens is 1. The maximum Gasteiger partial charge on any atom is 0.123 e. The van der Waals surface area contributed by atoms with Gasteiger partial charge >= 0.3 is 0 Å². The molecule has 0 radical (unpaired) electrons. The molecule has 1 aliphatic heterocycles. The van der Waals surface area contributed by atoms with E-state index in [1.807, 2.05) is 20.8 Å². The van der Waals surface area contributed by atoms with Gasteiger partial charge in [0.2, 0.25) is 0 Å². The van der Waals surface area contributed by atoms with Gasteiger partial charge in [0, 0.05) is 11.3 Å². The highest BCUT2D eigenvalue weighted by molar-refractivity contribution is 5.79. The van der Waals surface area contributed by atoms with Crippen molar-refractivity contribution in [3.05, 3.63) is 35.7 Å². The molecular formula is C14H20FN. The van der Waals surface area contributed by atoms with Gasteiger partial charge in [0.15, 0.2) is 0 Å². The average molecular weight is 221 g/mol. The third-order valence-electron chi connectivity index (χ3n) is 2.44. The molecule has 1 nitrogen and oxygen atoms in total. The molecule has 1 heterocycles. The lowest BCUT2D eigenvalue weighted by Crippen LogP contribution is -2.31. The summed E-state index contributed by atoms with van der Waals surface area (Å²) in [4.78, 5) is 0. The van der Waals surface area contributed by atoms with Crippen molar-refractivity contribution in [2.24, 2.45) is 0 Å². The predicted molar refractivity (Wildman–Crippen MR) is 69.1 cm³/mol. The summed E-state index contributed by atoms with van der Waals surface area (Å²) >= 11 is 0. The highest BCUT2D eigenvalue weighted by atomic mass is 19.1. The van der Waals surface area contributed by atoms with Crippen molar-refractivity contribution in [1.29, 1.82) is 0 Å². The minimum atomic E-state index is -0.182. The third kappa shape index (κ3) is 2.63. The van der Waals surface area contributed by atoms with Crippen LogP contribution >= 0.6 is 0 Å². The van der Waals surface area contributed by atoms with E-state index < -0.39 is 0 Å². The minimum Gasteiger partial charge on any atom is -0.376 e. The maximum absolute atomic E-state index is 13.0. The van der Waals surface area contributed by atoms with Gasteiger partial charge in [-0.1, -0.05) is 19.9 Å². The van der Waals surface area contributed by atoms with Crippen LogP contribution in [0.5, 0.6) is 0 Å². The smallest absolute Gasteiger partial charge is 0.123 e. The zero-order valence-corrected chi connectivity index (χ0v) is 10.7. The Bertz CT molecular complexity index is 405. The molecule has 2 heteroatoms. The zero-order valence-electron chi connectivity index (χ0n) is 10.7. The maximum atomic E-state index is 13.0. The first-order valence-electron chi connectivity index (χ1n) is 5.75. The minimum absolute atomic E-state index is 0.0467. The van der Waals surface area contributed by atoms with Gasteiger partial charge in [-0.25, -0.2) is 4.39 Å². The molecule has 0 unspecified atom stereocenters. The molecule has 0 atom stereocenters. The molecule has 0 aliphatic carbocycles. The van der Waals surface area contributed by atoms with Crippen molar-refractivity contribution in [3.8, 4) is 0 Å². The van der Waals surface area contributed by atoms with Gasteiger partial charge < -0.3 is 5.32 Å². The number of anilines is 1. The summed E-state index contributed by atoms with van der Waals surface area (Å²) in [6.07, 6.45) is 2.12. The summed E-state index contributed by atoms with van der Waals surface area (Å²) in [5.41, 5.74) is 3.05. The Kier molecular flexibility index (Phi) is 3.74. The SMILES string of the molecule is CC.CC1=CC(C)(C)Nc2ccc(F)cc21. The number of fused-ring (bicyclic) bond motifs is 1. The number of hydrogen-bond donors (Lipinski definition) is 1. The Hall–Kier alpha value is -1.31. The van der Waals surface area contributed by atoms with E-state index in [2.05, 4.69) is 25.2 Å². The first-order valence-corrected chi connectivity index (χ1v) is 5.75.